The molecule has 2 saturated carbocycles. The van der Waals surface area contributed by atoms with Crippen LogP contribution in [0.5, 0.6) is 5.75 Å². The van der Waals surface area contributed by atoms with Gasteiger partial charge >= 0.3 is 11.9 Å². The molecule has 5 aliphatic rings. The second kappa shape index (κ2) is 10.2. The van der Waals surface area contributed by atoms with Crippen LogP contribution in [0.3, 0.4) is 0 Å². The molecule has 2 bridgehead atoms. The van der Waals surface area contributed by atoms with Gasteiger partial charge in [0.25, 0.3) is 0 Å². The molecule has 0 spiro atoms. The number of imide groups is 1. The number of hydrogen-bond acceptors (Lipinski definition) is 8. The number of allylic oxidation sites excluding steroid dienone is 2. The van der Waals surface area contributed by atoms with E-state index in [-0.39, 0.29) is 47.1 Å². The van der Waals surface area contributed by atoms with Gasteiger partial charge in [-0.15, -0.1) is 0 Å². The molecule has 0 radical (unpaired) electrons. The van der Waals surface area contributed by atoms with Gasteiger partial charge in [0, 0.05) is 12.0 Å². The highest BCUT2D eigenvalue weighted by Gasteiger charge is 2.68. The molecule has 7 unspecified atom stereocenters. The highest BCUT2D eigenvalue weighted by atomic mass is 16.5. The fourth-order valence-corrected chi connectivity index (χ4v) is 6.98. The van der Waals surface area contributed by atoms with Gasteiger partial charge in [-0.3, -0.25) is 19.3 Å². The fraction of sp³-hybridized carbons (Fsp3) is 0.303. The van der Waals surface area contributed by atoms with Crippen LogP contribution in [0.15, 0.2) is 89.6 Å². The zero-order chi connectivity index (χ0) is 29.0. The largest absolute Gasteiger partial charge is 0.457 e. The smallest absolute Gasteiger partial charge is 0.379 e. The maximum Gasteiger partial charge on any atom is 0.379 e. The first-order chi connectivity index (χ1) is 20.4. The first kappa shape index (κ1) is 26.1. The van der Waals surface area contributed by atoms with Crippen molar-refractivity contribution in [1.82, 2.24) is 4.90 Å². The Bertz CT molecular complexity index is 1560. The first-order valence-electron chi connectivity index (χ1n) is 14.1. The van der Waals surface area contributed by atoms with E-state index in [4.69, 9.17) is 13.9 Å². The SMILES string of the molecule is O=C(COC(=O)C(Cc1ccccc1)N1C(=O)C2C3C=CC(C4CC34)C2C1=O)c1ccc(OC(=O)c2ccco2)cc1. The van der Waals surface area contributed by atoms with E-state index in [2.05, 4.69) is 12.2 Å². The summed E-state index contributed by atoms with van der Waals surface area (Å²) in [5.41, 5.74) is 1.01. The number of hydrogen-bond donors (Lipinski definition) is 0. The molecule has 2 aromatic carbocycles. The maximum atomic E-state index is 13.7. The molecule has 3 aromatic rings. The Morgan fingerprint density at radius 1 is 0.857 bits per heavy atom. The Kier molecular flexibility index (Phi) is 6.37. The first-order valence-corrected chi connectivity index (χ1v) is 14.1. The lowest BCUT2D eigenvalue weighted by Crippen LogP contribution is -2.48. The fourth-order valence-electron chi connectivity index (χ4n) is 6.98. The van der Waals surface area contributed by atoms with Crippen molar-refractivity contribution < 1.29 is 37.9 Å². The molecule has 2 heterocycles. The number of carbonyl (C=O) groups is 5. The van der Waals surface area contributed by atoms with E-state index in [1.807, 2.05) is 30.3 Å². The quantitative estimate of drug-likeness (QED) is 0.126. The Balaban J connectivity index is 1.05. The summed E-state index contributed by atoms with van der Waals surface area (Å²) >= 11 is 0. The number of ether oxygens (including phenoxy) is 2. The third-order valence-corrected chi connectivity index (χ3v) is 9.01. The van der Waals surface area contributed by atoms with E-state index in [9.17, 15) is 24.0 Å². The normalized spacial score (nSPS) is 27.3. The van der Waals surface area contributed by atoms with Crippen molar-refractivity contribution in [2.24, 2.45) is 35.5 Å². The van der Waals surface area contributed by atoms with Gasteiger partial charge in [-0.25, -0.2) is 9.59 Å². The van der Waals surface area contributed by atoms with E-state index in [1.54, 1.807) is 6.07 Å². The minimum atomic E-state index is -1.18. The molecular weight excluding hydrogens is 538 g/mol. The number of esters is 2. The highest BCUT2D eigenvalue weighted by molar-refractivity contribution is 6.09. The monoisotopic (exact) mass is 565 g/mol. The van der Waals surface area contributed by atoms with Gasteiger partial charge in [-0.2, -0.15) is 0 Å². The van der Waals surface area contributed by atoms with Crippen molar-refractivity contribution in [2.75, 3.05) is 6.61 Å². The van der Waals surface area contributed by atoms with Crippen LogP contribution in [-0.4, -0.2) is 47.1 Å². The van der Waals surface area contributed by atoms with Crippen LogP contribution in [0, 0.1) is 35.5 Å². The van der Waals surface area contributed by atoms with Crippen molar-refractivity contribution in [1.29, 1.82) is 0 Å². The molecule has 0 N–H and O–H groups in total. The summed E-state index contributed by atoms with van der Waals surface area (Å²) in [7, 11) is 0. The molecule has 7 atom stereocenters. The Labute approximate surface area is 241 Å². The summed E-state index contributed by atoms with van der Waals surface area (Å²) in [6.07, 6.45) is 6.66. The zero-order valence-corrected chi connectivity index (χ0v) is 22.5. The number of ketones is 1. The molecule has 1 aromatic heterocycles. The predicted octanol–water partition coefficient (Wildman–Crippen LogP) is 3.89. The molecule has 42 heavy (non-hydrogen) atoms. The summed E-state index contributed by atoms with van der Waals surface area (Å²) in [4.78, 5) is 67.1. The van der Waals surface area contributed by atoms with Gasteiger partial charge in [0.05, 0.1) is 18.1 Å². The van der Waals surface area contributed by atoms with Crippen LogP contribution in [-0.2, 0) is 25.5 Å². The van der Waals surface area contributed by atoms with Gasteiger partial charge in [0.2, 0.25) is 17.6 Å². The van der Waals surface area contributed by atoms with Gasteiger partial charge in [0.1, 0.15) is 11.8 Å². The van der Waals surface area contributed by atoms with E-state index in [0.29, 0.717) is 11.8 Å². The number of Topliss-reactive ketones (excluding diaryl/α,β-unsaturated/α-hetero) is 1. The topological polar surface area (TPSA) is 120 Å². The van der Waals surface area contributed by atoms with Gasteiger partial charge in [0.15, 0.2) is 12.4 Å². The van der Waals surface area contributed by atoms with Gasteiger partial charge < -0.3 is 13.9 Å². The lowest BCUT2D eigenvalue weighted by molar-refractivity contribution is -0.158. The summed E-state index contributed by atoms with van der Waals surface area (Å²) in [5.74, 6) is -2.29. The average molecular weight is 566 g/mol. The standard InChI is InChI=1S/C33H27NO8/c35-26(19-8-10-20(11-9-19)42-33(39)27-7-4-14-40-27)17-41-32(38)25(15-18-5-2-1-3-6-18)34-30(36)28-21-12-13-22(24-16-23(21)24)29(28)31(34)37/h1-14,21-25,28-29H,15-17H2. The average Bonchev–Trinajstić information content (AvgIpc) is 3.58. The van der Waals surface area contributed by atoms with Crippen molar-refractivity contribution in [3.63, 3.8) is 0 Å². The number of carbonyl (C=O) groups excluding carboxylic acids is 5. The predicted molar refractivity (Wildman–Crippen MR) is 146 cm³/mol. The molecule has 1 saturated heterocycles. The molecule has 4 aliphatic carbocycles. The van der Waals surface area contributed by atoms with E-state index >= 15 is 0 Å². The highest BCUT2D eigenvalue weighted by Crippen LogP contribution is 2.65. The van der Waals surface area contributed by atoms with Crippen molar-refractivity contribution in [2.45, 2.75) is 18.9 Å². The van der Waals surface area contributed by atoms with Crippen LogP contribution in [0.2, 0.25) is 0 Å². The van der Waals surface area contributed by atoms with Crippen LogP contribution in [0.1, 0.15) is 32.9 Å². The Hall–Kier alpha value is -4.79. The van der Waals surface area contributed by atoms with Gasteiger partial charge in [-0.05, 0) is 72.1 Å². The van der Waals surface area contributed by atoms with E-state index in [1.165, 1.54) is 36.6 Å². The van der Waals surface area contributed by atoms with Crippen molar-refractivity contribution in [3.05, 3.63) is 102 Å². The summed E-state index contributed by atoms with van der Waals surface area (Å²) < 4.78 is 15.7. The lowest BCUT2D eigenvalue weighted by Gasteiger charge is -2.37. The minimum Gasteiger partial charge on any atom is -0.457 e. The zero-order valence-electron chi connectivity index (χ0n) is 22.5. The molecule has 9 nitrogen and oxygen atoms in total. The van der Waals surface area contributed by atoms with Crippen LogP contribution >= 0.6 is 0 Å². The summed E-state index contributed by atoms with van der Waals surface area (Å²) in [6, 6.07) is 16.8. The molecule has 3 fully saturated rings. The molecule has 1 aliphatic heterocycles. The van der Waals surface area contributed by atoms with Crippen molar-refractivity contribution >= 4 is 29.5 Å². The van der Waals surface area contributed by atoms with E-state index in [0.717, 1.165) is 16.9 Å². The number of amides is 2. The van der Waals surface area contributed by atoms with E-state index < -0.39 is 42.2 Å². The number of furan rings is 1. The summed E-state index contributed by atoms with van der Waals surface area (Å²) in [6.45, 7) is -0.574. The maximum absolute atomic E-state index is 13.7. The molecule has 8 rings (SSSR count). The number of rotatable bonds is 9. The Morgan fingerprint density at radius 2 is 1.52 bits per heavy atom. The molecular formula is C33H27NO8. The molecule has 9 heteroatoms. The molecule has 2 amide bonds. The summed E-state index contributed by atoms with van der Waals surface area (Å²) in [5, 5.41) is 0. The van der Waals surface area contributed by atoms with Crippen LogP contribution in [0.4, 0.5) is 0 Å². The third-order valence-electron chi connectivity index (χ3n) is 9.01. The number of likely N-dealkylation sites (tertiary alicyclic amines) is 1. The minimum absolute atomic E-state index is 0.0303. The van der Waals surface area contributed by atoms with Gasteiger partial charge in [-0.1, -0.05) is 42.5 Å². The number of nitrogens with zero attached hydrogens (tertiary/aromatic N) is 1. The molecule has 212 valence electrons. The lowest BCUT2D eigenvalue weighted by atomic mass is 9.63. The second-order valence-corrected chi connectivity index (χ2v) is 11.3. The van der Waals surface area contributed by atoms with Crippen LogP contribution in [0.25, 0.3) is 0 Å². The number of benzene rings is 2. The third kappa shape index (κ3) is 4.45. The second-order valence-electron chi connectivity index (χ2n) is 11.3. The Morgan fingerprint density at radius 3 is 2.14 bits per heavy atom. The van der Waals surface area contributed by atoms with Crippen molar-refractivity contribution in [3.8, 4) is 5.75 Å². The van der Waals surface area contributed by atoms with Crippen LogP contribution < -0.4 is 4.74 Å².